The van der Waals surface area contributed by atoms with Crippen molar-refractivity contribution in [1.29, 1.82) is 0 Å². The van der Waals surface area contributed by atoms with Crippen LogP contribution >= 0.6 is 0 Å². The molecule has 0 fully saturated rings. The van der Waals surface area contributed by atoms with Gasteiger partial charge in [0.05, 0.1) is 0 Å². The van der Waals surface area contributed by atoms with E-state index in [1.54, 1.807) is 24.3 Å². The first-order valence-electron chi connectivity index (χ1n) is 6.96. The smallest absolute Gasteiger partial charge is 0.170 e. The number of likely N-dealkylation sites (N-methyl/N-ethyl adjacent to an activating group) is 1. The Morgan fingerprint density at radius 1 is 1.33 bits per heavy atom. The van der Waals surface area contributed by atoms with Crippen LogP contribution in [0.25, 0.3) is 0 Å². The Labute approximate surface area is 126 Å². The van der Waals surface area contributed by atoms with Crippen LogP contribution in [0.2, 0.25) is 0 Å². The Balaban J connectivity index is 2.30. The summed E-state index contributed by atoms with van der Waals surface area (Å²) in [7, 11) is 4.14. The maximum absolute atomic E-state index is 8.58. The second kappa shape index (κ2) is 7.85. The van der Waals surface area contributed by atoms with Crippen molar-refractivity contribution in [3.05, 3.63) is 29.8 Å². The van der Waals surface area contributed by atoms with Gasteiger partial charge in [-0.15, -0.1) is 0 Å². The maximum Gasteiger partial charge on any atom is 0.170 e. The minimum absolute atomic E-state index is 0.0918. The number of ether oxygens (including phenoxy) is 1. The highest BCUT2D eigenvalue weighted by Crippen LogP contribution is 2.12. The van der Waals surface area contributed by atoms with E-state index in [9.17, 15) is 0 Å². The van der Waals surface area contributed by atoms with E-state index >= 15 is 0 Å². The largest absolute Gasteiger partial charge is 0.492 e. The van der Waals surface area contributed by atoms with Gasteiger partial charge in [0.1, 0.15) is 12.4 Å². The van der Waals surface area contributed by atoms with E-state index in [0.717, 1.165) is 18.8 Å². The fourth-order valence-electron chi connectivity index (χ4n) is 1.57. The molecule has 0 bridgehead atoms. The maximum atomic E-state index is 8.58. The average molecular weight is 294 g/mol. The molecule has 1 aromatic carbocycles. The monoisotopic (exact) mass is 294 g/mol. The Morgan fingerprint density at radius 3 is 2.48 bits per heavy atom. The summed E-state index contributed by atoms with van der Waals surface area (Å²) in [6.07, 6.45) is 0. The van der Waals surface area contributed by atoms with Crippen LogP contribution in [-0.4, -0.2) is 55.3 Å². The SMILES string of the molecule is CN(C)C(C)(C)CNCCOc1ccc(C(N)=NO)cc1. The molecular weight excluding hydrogens is 268 g/mol. The lowest BCUT2D eigenvalue weighted by Gasteiger charge is -2.32. The Bertz CT molecular complexity index is 455. The molecule has 0 amide bonds. The molecule has 0 aliphatic carbocycles. The summed E-state index contributed by atoms with van der Waals surface area (Å²) in [5, 5.41) is 14.9. The highest BCUT2D eigenvalue weighted by Gasteiger charge is 2.19. The lowest BCUT2D eigenvalue weighted by atomic mass is 10.0. The van der Waals surface area contributed by atoms with E-state index in [1.807, 2.05) is 0 Å². The van der Waals surface area contributed by atoms with Gasteiger partial charge in [0.2, 0.25) is 0 Å². The molecule has 118 valence electrons. The van der Waals surface area contributed by atoms with Crippen LogP contribution in [0.15, 0.2) is 29.4 Å². The fourth-order valence-corrected chi connectivity index (χ4v) is 1.57. The molecule has 0 saturated heterocycles. The van der Waals surface area contributed by atoms with Gasteiger partial charge < -0.3 is 25.9 Å². The third kappa shape index (κ3) is 5.61. The lowest BCUT2D eigenvalue weighted by molar-refractivity contribution is 0.186. The number of hydrogen-bond donors (Lipinski definition) is 3. The Hall–Kier alpha value is -1.79. The van der Waals surface area contributed by atoms with Crippen molar-refractivity contribution >= 4 is 5.84 Å². The van der Waals surface area contributed by atoms with Crippen LogP contribution in [0.5, 0.6) is 5.75 Å². The molecular formula is C15H26N4O2. The summed E-state index contributed by atoms with van der Waals surface area (Å²) in [6.45, 7) is 6.64. The molecule has 4 N–H and O–H groups in total. The van der Waals surface area contributed by atoms with E-state index in [4.69, 9.17) is 15.7 Å². The predicted octanol–water partition coefficient (Wildman–Crippen LogP) is 1.09. The first kappa shape index (κ1) is 17.3. The Kier molecular flexibility index (Phi) is 6.45. The third-order valence-electron chi connectivity index (χ3n) is 3.57. The zero-order chi connectivity index (χ0) is 15.9. The zero-order valence-corrected chi connectivity index (χ0v) is 13.3. The third-order valence-corrected chi connectivity index (χ3v) is 3.57. The number of nitrogens with zero attached hydrogens (tertiary/aromatic N) is 2. The molecule has 6 heteroatoms. The number of hydrogen-bond acceptors (Lipinski definition) is 5. The number of nitrogens with two attached hydrogens (primary N) is 1. The van der Waals surface area contributed by atoms with Gasteiger partial charge in [0, 0.05) is 24.2 Å². The molecule has 0 unspecified atom stereocenters. The number of benzene rings is 1. The highest BCUT2D eigenvalue weighted by molar-refractivity contribution is 5.97. The van der Waals surface area contributed by atoms with E-state index < -0.39 is 0 Å². The molecule has 0 aliphatic rings. The number of amidine groups is 1. The molecule has 21 heavy (non-hydrogen) atoms. The van der Waals surface area contributed by atoms with Crippen LogP contribution in [0.3, 0.4) is 0 Å². The van der Waals surface area contributed by atoms with Crippen molar-refractivity contribution in [3.8, 4) is 5.75 Å². The van der Waals surface area contributed by atoms with Crippen LogP contribution in [-0.2, 0) is 0 Å². The predicted molar refractivity (Wildman–Crippen MR) is 85.1 cm³/mol. The lowest BCUT2D eigenvalue weighted by Crippen LogP contribution is -2.47. The fraction of sp³-hybridized carbons (Fsp3) is 0.533. The van der Waals surface area contributed by atoms with Gasteiger partial charge in [-0.1, -0.05) is 5.16 Å². The first-order valence-corrected chi connectivity index (χ1v) is 6.96. The van der Waals surface area contributed by atoms with Crippen LogP contribution in [0.4, 0.5) is 0 Å². The van der Waals surface area contributed by atoms with Gasteiger partial charge >= 0.3 is 0 Å². The number of rotatable bonds is 8. The van der Waals surface area contributed by atoms with E-state index in [1.165, 1.54) is 0 Å². The second-order valence-electron chi connectivity index (χ2n) is 5.74. The van der Waals surface area contributed by atoms with E-state index in [2.05, 4.69) is 43.3 Å². The molecule has 0 spiro atoms. The molecule has 6 nitrogen and oxygen atoms in total. The van der Waals surface area contributed by atoms with Gasteiger partial charge in [-0.3, -0.25) is 0 Å². The van der Waals surface area contributed by atoms with Gasteiger partial charge in [0.15, 0.2) is 5.84 Å². The molecule has 0 atom stereocenters. The van der Waals surface area contributed by atoms with Crippen LogP contribution in [0.1, 0.15) is 19.4 Å². The van der Waals surface area contributed by atoms with E-state index in [0.29, 0.717) is 12.2 Å². The quantitative estimate of drug-likeness (QED) is 0.220. The standard InChI is InChI=1S/C15H26N4O2/c1-15(2,19(3)4)11-17-9-10-21-13-7-5-12(6-8-13)14(16)18-20/h5-8,17,20H,9-11H2,1-4H3,(H2,16,18). The summed E-state index contributed by atoms with van der Waals surface area (Å²) >= 11 is 0. The molecule has 0 aliphatic heterocycles. The van der Waals surface area contributed by atoms with Crippen molar-refractivity contribution < 1.29 is 9.94 Å². The van der Waals surface area contributed by atoms with Gasteiger partial charge in [-0.2, -0.15) is 0 Å². The first-order chi connectivity index (χ1) is 9.86. The summed E-state index contributed by atoms with van der Waals surface area (Å²) in [6, 6.07) is 7.12. The van der Waals surface area contributed by atoms with Crippen molar-refractivity contribution in [2.75, 3.05) is 33.8 Å². The Morgan fingerprint density at radius 2 is 1.95 bits per heavy atom. The van der Waals surface area contributed by atoms with Crippen molar-refractivity contribution in [3.63, 3.8) is 0 Å². The highest BCUT2D eigenvalue weighted by atomic mass is 16.5. The summed E-state index contributed by atoms with van der Waals surface area (Å²) in [5.41, 5.74) is 6.27. The van der Waals surface area contributed by atoms with Crippen LogP contribution in [0, 0.1) is 0 Å². The summed E-state index contributed by atoms with van der Waals surface area (Å²) < 4.78 is 5.63. The van der Waals surface area contributed by atoms with Crippen molar-refractivity contribution in [1.82, 2.24) is 10.2 Å². The molecule has 0 heterocycles. The van der Waals surface area contributed by atoms with Gasteiger partial charge in [0.25, 0.3) is 0 Å². The van der Waals surface area contributed by atoms with Crippen molar-refractivity contribution in [2.45, 2.75) is 19.4 Å². The zero-order valence-electron chi connectivity index (χ0n) is 13.3. The second-order valence-corrected chi connectivity index (χ2v) is 5.74. The minimum atomic E-state index is 0.0918. The van der Waals surface area contributed by atoms with E-state index in [-0.39, 0.29) is 11.4 Å². The van der Waals surface area contributed by atoms with Gasteiger partial charge in [-0.25, -0.2) is 0 Å². The summed E-state index contributed by atoms with van der Waals surface area (Å²) in [5.74, 6) is 0.854. The summed E-state index contributed by atoms with van der Waals surface area (Å²) in [4.78, 5) is 2.19. The number of oxime groups is 1. The minimum Gasteiger partial charge on any atom is -0.492 e. The normalized spacial score (nSPS) is 12.7. The number of nitrogens with one attached hydrogen (secondary N) is 1. The average Bonchev–Trinajstić information content (AvgIpc) is 2.46. The van der Waals surface area contributed by atoms with Crippen LogP contribution < -0.4 is 15.8 Å². The molecule has 1 aromatic rings. The van der Waals surface area contributed by atoms with Gasteiger partial charge in [-0.05, 0) is 52.2 Å². The molecule has 0 radical (unpaired) electrons. The molecule has 0 aromatic heterocycles. The topological polar surface area (TPSA) is 83.1 Å². The molecule has 1 rings (SSSR count). The molecule has 0 saturated carbocycles. The van der Waals surface area contributed by atoms with Crippen molar-refractivity contribution in [2.24, 2.45) is 10.9 Å².